The minimum atomic E-state index is -0.178. The van der Waals surface area contributed by atoms with E-state index in [0.29, 0.717) is 6.04 Å². The number of nitrogens with zero attached hydrogens (tertiary/aromatic N) is 4. The molecule has 0 N–H and O–H groups in total. The van der Waals surface area contributed by atoms with Crippen LogP contribution < -0.4 is 4.74 Å². The average molecular weight is 725 g/mol. The number of aromatic nitrogens is 2. The molecule has 1 saturated carbocycles. The lowest BCUT2D eigenvalue weighted by Gasteiger charge is -2.39. The molecule has 0 saturated heterocycles. The van der Waals surface area contributed by atoms with Gasteiger partial charge in [0, 0.05) is 41.2 Å². The van der Waals surface area contributed by atoms with Crippen molar-refractivity contribution in [1.29, 1.82) is 0 Å². The lowest BCUT2D eigenvalue weighted by atomic mass is 9.75. The van der Waals surface area contributed by atoms with Crippen molar-refractivity contribution >= 4 is 27.6 Å². The normalized spacial score (nSPS) is 19.2. The van der Waals surface area contributed by atoms with Gasteiger partial charge in [-0.05, 0) is 113 Å². The van der Waals surface area contributed by atoms with E-state index in [0.717, 1.165) is 46.3 Å². The SMILES string of the molecule is CC(C)(C)c1cc(Oc2ccc3c4cc(C(C)(C)C)ccc4n(-c4cc(C(C)(C)C)ccn4)c3c2)cc(C2=N[C@](C)(C(C)(C)C)CN2C2CCCCC2)c1. The Labute approximate surface area is 325 Å². The van der Waals surface area contributed by atoms with Gasteiger partial charge in [0.25, 0.3) is 0 Å². The highest BCUT2D eigenvalue weighted by atomic mass is 16.5. The Morgan fingerprint density at radius 3 is 1.94 bits per heavy atom. The molecule has 3 aromatic carbocycles. The first kappa shape index (κ1) is 38.2. The lowest BCUT2D eigenvalue weighted by Crippen LogP contribution is -2.47. The van der Waals surface area contributed by atoms with Crippen molar-refractivity contribution in [3.63, 3.8) is 0 Å². The molecule has 54 heavy (non-hydrogen) atoms. The van der Waals surface area contributed by atoms with Crippen molar-refractivity contribution in [3.05, 3.63) is 95.2 Å². The van der Waals surface area contributed by atoms with Gasteiger partial charge in [-0.1, -0.05) is 108 Å². The third-order valence-corrected chi connectivity index (χ3v) is 12.4. The van der Waals surface area contributed by atoms with E-state index in [4.69, 9.17) is 14.7 Å². The van der Waals surface area contributed by atoms with Crippen molar-refractivity contribution in [2.45, 2.75) is 150 Å². The number of ether oxygens (including phenoxy) is 1. The van der Waals surface area contributed by atoms with E-state index in [-0.39, 0.29) is 27.2 Å². The van der Waals surface area contributed by atoms with Gasteiger partial charge in [-0.2, -0.15) is 0 Å². The Balaban J connectivity index is 1.37. The van der Waals surface area contributed by atoms with Gasteiger partial charge in [0.2, 0.25) is 0 Å². The molecule has 0 amide bonds. The maximum Gasteiger partial charge on any atom is 0.137 e. The Morgan fingerprint density at radius 1 is 0.630 bits per heavy atom. The zero-order valence-electron chi connectivity index (χ0n) is 35.4. The van der Waals surface area contributed by atoms with Crippen molar-refractivity contribution in [1.82, 2.24) is 14.5 Å². The van der Waals surface area contributed by atoms with Crippen molar-refractivity contribution in [2.24, 2.45) is 10.4 Å². The number of fused-ring (bicyclic) bond motifs is 3. The van der Waals surface area contributed by atoms with Crippen LogP contribution in [0.4, 0.5) is 0 Å². The molecule has 0 unspecified atom stereocenters. The van der Waals surface area contributed by atoms with E-state index in [1.807, 2.05) is 6.20 Å². The van der Waals surface area contributed by atoms with E-state index in [2.05, 4.69) is 166 Å². The highest BCUT2D eigenvalue weighted by Gasteiger charge is 2.46. The number of pyridine rings is 1. The van der Waals surface area contributed by atoms with E-state index >= 15 is 0 Å². The van der Waals surface area contributed by atoms with Crippen LogP contribution >= 0.6 is 0 Å². The Hall–Kier alpha value is -4.12. The minimum Gasteiger partial charge on any atom is -0.457 e. The average Bonchev–Trinajstić information content (AvgIpc) is 3.63. The first-order valence-corrected chi connectivity index (χ1v) is 20.4. The van der Waals surface area contributed by atoms with Crippen LogP contribution in [0.15, 0.2) is 77.9 Å². The van der Waals surface area contributed by atoms with Gasteiger partial charge in [0.05, 0.1) is 16.6 Å². The molecule has 7 rings (SSSR count). The van der Waals surface area contributed by atoms with Crippen LogP contribution in [-0.4, -0.2) is 38.4 Å². The second-order valence-electron chi connectivity index (χ2n) is 20.6. The fraction of sp³-hybridized carbons (Fsp3) is 0.510. The molecule has 2 aromatic heterocycles. The van der Waals surface area contributed by atoms with Crippen LogP contribution in [0, 0.1) is 5.41 Å². The van der Waals surface area contributed by atoms with E-state index in [9.17, 15) is 0 Å². The monoisotopic (exact) mass is 725 g/mol. The maximum absolute atomic E-state index is 6.96. The zero-order chi connectivity index (χ0) is 39.0. The Bertz CT molecular complexity index is 2220. The molecular weight excluding hydrogens is 661 g/mol. The molecule has 5 heteroatoms. The van der Waals surface area contributed by atoms with Crippen LogP contribution in [0.2, 0.25) is 0 Å². The standard InChI is InChI=1S/C49H64N4O/c1-45(2,3)33-19-22-41-40(28-33)39-21-20-37(30-42(39)53(41)43-29-34(23-24-50-43)46(4,5)6)54-38-26-32(25-35(27-38)47(7,8)9)44-51-49(13,48(10,11)12)31-52(44)36-17-15-14-16-18-36/h19-30,36H,14-18,31H2,1-13H3/t49-/m0/s1. The summed E-state index contributed by atoms with van der Waals surface area (Å²) < 4.78 is 9.28. The van der Waals surface area contributed by atoms with Crippen LogP contribution in [0.3, 0.4) is 0 Å². The summed E-state index contributed by atoms with van der Waals surface area (Å²) >= 11 is 0. The first-order chi connectivity index (χ1) is 25.1. The molecular formula is C49H64N4O. The summed E-state index contributed by atoms with van der Waals surface area (Å²) in [4.78, 5) is 13.2. The van der Waals surface area contributed by atoms with E-state index < -0.39 is 0 Å². The molecule has 5 aromatic rings. The highest BCUT2D eigenvalue weighted by molar-refractivity contribution is 6.10. The van der Waals surface area contributed by atoms with Gasteiger partial charge < -0.3 is 9.64 Å². The van der Waals surface area contributed by atoms with Gasteiger partial charge in [0.1, 0.15) is 23.2 Å². The van der Waals surface area contributed by atoms with Crippen LogP contribution in [0.25, 0.3) is 27.6 Å². The van der Waals surface area contributed by atoms with Gasteiger partial charge in [-0.15, -0.1) is 0 Å². The molecule has 3 heterocycles. The summed E-state index contributed by atoms with van der Waals surface area (Å²) in [5.74, 6) is 3.70. The summed E-state index contributed by atoms with van der Waals surface area (Å²) in [6.07, 6.45) is 8.35. The lowest BCUT2D eigenvalue weighted by molar-refractivity contribution is 0.160. The molecule has 1 fully saturated rings. The fourth-order valence-electron chi connectivity index (χ4n) is 8.21. The van der Waals surface area contributed by atoms with Crippen LogP contribution in [0.1, 0.15) is 144 Å². The maximum atomic E-state index is 6.96. The predicted octanol–water partition coefficient (Wildman–Crippen LogP) is 13.1. The number of benzene rings is 3. The van der Waals surface area contributed by atoms with Crippen molar-refractivity contribution < 1.29 is 4.74 Å². The quantitative estimate of drug-likeness (QED) is 0.181. The number of hydrogen-bond acceptors (Lipinski definition) is 4. The molecule has 0 spiro atoms. The molecule has 5 nitrogen and oxygen atoms in total. The largest absolute Gasteiger partial charge is 0.457 e. The van der Waals surface area contributed by atoms with E-state index in [1.54, 1.807) is 0 Å². The zero-order valence-corrected chi connectivity index (χ0v) is 35.4. The molecule has 0 radical (unpaired) electrons. The molecule has 1 aliphatic carbocycles. The summed E-state index contributed by atoms with van der Waals surface area (Å²) in [7, 11) is 0. The topological polar surface area (TPSA) is 42.6 Å². The molecule has 1 atom stereocenters. The Kier molecular flexibility index (Phi) is 9.38. The first-order valence-electron chi connectivity index (χ1n) is 20.4. The number of aliphatic imine (C=N–C) groups is 1. The second kappa shape index (κ2) is 13.3. The van der Waals surface area contributed by atoms with Crippen LogP contribution in [-0.2, 0) is 16.2 Å². The summed E-state index contributed by atoms with van der Waals surface area (Å²) in [6.45, 7) is 30.8. The highest BCUT2D eigenvalue weighted by Crippen LogP contribution is 2.43. The van der Waals surface area contributed by atoms with Gasteiger partial charge >= 0.3 is 0 Å². The minimum absolute atomic E-state index is 0.000400. The molecule has 286 valence electrons. The Morgan fingerprint density at radius 2 is 1.30 bits per heavy atom. The fourth-order valence-corrected chi connectivity index (χ4v) is 8.21. The second-order valence-corrected chi connectivity index (χ2v) is 20.6. The van der Waals surface area contributed by atoms with Gasteiger partial charge in [0.15, 0.2) is 0 Å². The predicted molar refractivity (Wildman–Crippen MR) is 229 cm³/mol. The smallest absolute Gasteiger partial charge is 0.137 e. The van der Waals surface area contributed by atoms with E-state index in [1.165, 1.54) is 59.6 Å². The van der Waals surface area contributed by atoms with Gasteiger partial charge in [-0.3, -0.25) is 9.56 Å². The summed E-state index contributed by atoms with van der Waals surface area (Å²) in [6, 6.07) is 25.2. The third kappa shape index (κ3) is 7.20. The van der Waals surface area contributed by atoms with Gasteiger partial charge in [-0.25, -0.2) is 4.98 Å². The number of amidine groups is 1. The molecule has 0 bridgehead atoms. The summed E-state index contributed by atoms with van der Waals surface area (Å²) in [5, 5.41) is 2.42. The number of rotatable bonds is 5. The molecule has 2 aliphatic rings. The number of hydrogen-bond donors (Lipinski definition) is 0. The summed E-state index contributed by atoms with van der Waals surface area (Å²) in [5.41, 5.74) is 7.03. The van der Waals surface area contributed by atoms with Crippen molar-refractivity contribution in [2.75, 3.05) is 6.54 Å². The van der Waals surface area contributed by atoms with Crippen LogP contribution in [0.5, 0.6) is 11.5 Å². The van der Waals surface area contributed by atoms with Crippen molar-refractivity contribution in [3.8, 4) is 17.3 Å². The third-order valence-electron chi connectivity index (χ3n) is 12.4. The molecule has 1 aliphatic heterocycles.